The van der Waals surface area contributed by atoms with Crippen LogP contribution in [0.3, 0.4) is 0 Å². The van der Waals surface area contributed by atoms with E-state index in [1.807, 2.05) is 76.5 Å². The van der Waals surface area contributed by atoms with E-state index in [2.05, 4.69) is 21.5 Å². The lowest BCUT2D eigenvalue weighted by molar-refractivity contribution is 0.483. The Labute approximate surface area is 173 Å². The number of fused-ring (bicyclic) bond motifs is 1. The second kappa shape index (κ2) is 7.21. The summed E-state index contributed by atoms with van der Waals surface area (Å²) < 4.78 is 5.90. The summed E-state index contributed by atoms with van der Waals surface area (Å²) in [5.41, 5.74) is 8.63. The highest BCUT2D eigenvalue weighted by Gasteiger charge is 2.36. The van der Waals surface area contributed by atoms with Gasteiger partial charge in [-0.1, -0.05) is 24.8 Å². The Kier molecular flexibility index (Phi) is 4.25. The Balaban J connectivity index is 1.52. The lowest BCUT2D eigenvalue weighted by atomic mass is 10.2. The number of pyridine rings is 1. The maximum atomic E-state index is 6.23. The molecule has 2 aromatic carbocycles. The molecule has 146 valence electrons. The van der Waals surface area contributed by atoms with Crippen molar-refractivity contribution in [2.24, 2.45) is 0 Å². The summed E-state index contributed by atoms with van der Waals surface area (Å²) in [5, 5.41) is 0. The zero-order chi connectivity index (χ0) is 20.5. The van der Waals surface area contributed by atoms with Gasteiger partial charge in [-0.05, 0) is 48.5 Å². The minimum atomic E-state index is 0.372. The molecular formula is C23H18N6O. The highest BCUT2D eigenvalue weighted by Crippen LogP contribution is 2.49. The van der Waals surface area contributed by atoms with Gasteiger partial charge < -0.3 is 10.5 Å². The van der Waals surface area contributed by atoms with Crippen LogP contribution < -0.4 is 20.3 Å². The molecule has 5 rings (SSSR count). The summed E-state index contributed by atoms with van der Waals surface area (Å²) in [7, 11) is 0. The topological polar surface area (TPSA) is 80.4 Å². The molecule has 1 aliphatic heterocycles. The standard InChI is InChI=1S/C23H18N6O/c1-16-28(17-9-11-20(12-10-17)30-19-7-3-2-4-8-19)21-22(24)26-15-27-23(21)29(16)18-6-5-13-25-14-18/h2-15H,1H2,(H2,24,26,27). The van der Waals surface area contributed by atoms with E-state index in [0.717, 1.165) is 22.9 Å². The van der Waals surface area contributed by atoms with Crippen LogP contribution in [0, 0.1) is 0 Å². The van der Waals surface area contributed by atoms with E-state index in [0.29, 0.717) is 23.1 Å². The van der Waals surface area contributed by atoms with Crippen LogP contribution in [0.25, 0.3) is 0 Å². The molecule has 0 bridgehead atoms. The number of aromatic nitrogens is 3. The minimum Gasteiger partial charge on any atom is -0.457 e. The first-order valence-electron chi connectivity index (χ1n) is 9.35. The predicted octanol–water partition coefficient (Wildman–Crippen LogP) is 5.01. The van der Waals surface area contributed by atoms with Crippen LogP contribution >= 0.6 is 0 Å². The van der Waals surface area contributed by atoms with E-state index in [4.69, 9.17) is 10.5 Å². The lowest BCUT2D eigenvalue weighted by Crippen LogP contribution is -2.20. The third-order valence-corrected chi connectivity index (χ3v) is 4.76. The maximum Gasteiger partial charge on any atom is 0.168 e. The molecule has 7 heteroatoms. The molecule has 0 radical (unpaired) electrons. The first-order chi connectivity index (χ1) is 14.7. The monoisotopic (exact) mass is 394 g/mol. The fourth-order valence-corrected chi connectivity index (χ4v) is 3.44. The van der Waals surface area contributed by atoms with Crippen molar-refractivity contribution in [2.45, 2.75) is 0 Å². The number of rotatable bonds is 4. The zero-order valence-corrected chi connectivity index (χ0v) is 16.0. The van der Waals surface area contributed by atoms with Gasteiger partial charge in [0.25, 0.3) is 0 Å². The molecule has 0 saturated heterocycles. The number of nitrogen functional groups attached to an aromatic ring is 1. The Morgan fingerprint density at radius 2 is 1.57 bits per heavy atom. The number of nitrogens with zero attached hydrogens (tertiary/aromatic N) is 5. The number of para-hydroxylation sites is 1. The number of nitrogens with two attached hydrogens (primary N) is 1. The van der Waals surface area contributed by atoms with Gasteiger partial charge in [0.1, 0.15) is 29.3 Å². The molecule has 0 atom stereocenters. The normalized spacial score (nSPS) is 12.7. The number of ether oxygens (including phenoxy) is 1. The Morgan fingerprint density at radius 1 is 0.800 bits per heavy atom. The number of anilines is 5. The molecule has 4 aromatic rings. The van der Waals surface area contributed by atoms with E-state index in [1.165, 1.54) is 6.33 Å². The van der Waals surface area contributed by atoms with E-state index in [9.17, 15) is 0 Å². The molecule has 30 heavy (non-hydrogen) atoms. The van der Waals surface area contributed by atoms with E-state index < -0.39 is 0 Å². The molecule has 2 N–H and O–H groups in total. The summed E-state index contributed by atoms with van der Waals surface area (Å²) in [6.45, 7) is 4.29. The van der Waals surface area contributed by atoms with Gasteiger partial charge >= 0.3 is 0 Å². The third-order valence-electron chi connectivity index (χ3n) is 4.76. The van der Waals surface area contributed by atoms with Gasteiger partial charge in [0.15, 0.2) is 11.6 Å². The van der Waals surface area contributed by atoms with Crippen LogP contribution in [0.1, 0.15) is 0 Å². The smallest absolute Gasteiger partial charge is 0.168 e. The van der Waals surface area contributed by atoms with E-state index in [-0.39, 0.29) is 0 Å². The Morgan fingerprint density at radius 3 is 2.30 bits per heavy atom. The average molecular weight is 394 g/mol. The lowest BCUT2D eigenvalue weighted by Gasteiger charge is -2.24. The number of benzene rings is 2. The summed E-state index contributed by atoms with van der Waals surface area (Å²) in [5.74, 6) is 3.22. The molecule has 2 aromatic heterocycles. The van der Waals surface area contributed by atoms with Gasteiger partial charge in [-0.25, -0.2) is 9.97 Å². The molecule has 0 aliphatic carbocycles. The van der Waals surface area contributed by atoms with Gasteiger partial charge in [-0.15, -0.1) is 0 Å². The summed E-state index contributed by atoms with van der Waals surface area (Å²) in [6.07, 6.45) is 4.93. The number of hydrogen-bond acceptors (Lipinski definition) is 7. The summed E-state index contributed by atoms with van der Waals surface area (Å²) in [6, 6.07) is 21.2. The molecule has 0 saturated carbocycles. The van der Waals surface area contributed by atoms with Gasteiger partial charge in [-0.2, -0.15) is 0 Å². The molecule has 1 aliphatic rings. The summed E-state index contributed by atoms with van der Waals surface area (Å²) in [4.78, 5) is 16.7. The Bertz CT molecular complexity index is 1200. The van der Waals surface area contributed by atoms with Crippen LogP contribution in [0.15, 0.2) is 97.9 Å². The van der Waals surface area contributed by atoms with Crippen molar-refractivity contribution >= 4 is 28.7 Å². The van der Waals surface area contributed by atoms with E-state index >= 15 is 0 Å². The third kappa shape index (κ3) is 2.98. The minimum absolute atomic E-state index is 0.372. The molecule has 0 fully saturated rings. The fraction of sp³-hybridized carbons (Fsp3) is 0. The highest BCUT2D eigenvalue weighted by atomic mass is 16.5. The van der Waals surface area contributed by atoms with Crippen LogP contribution in [0.4, 0.5) is 28.7 Å². The fourth-order valence-electron chi connectivity index (χ4n) is 3.44. The van der Waals surface area contributed by atoms with Gasteiger partial charge in [0.05, 0.1) is 11.9 Å². The molecule has 7 nitrogen and oxygen atoms in total. The van der Waals surface area contributed by atoms with Crippen molar-refractivity contribution in [1.29, 1.82) is 0 Å². The Hall–Kier alpha value is -4.39. The molecule has 3 heterocycles. The van der Waals surface area contributed by atoms with Crippen molar-refractivity contribution in [1.82, 2.24) is 15.0 Å². The van der Waals surface area contributed by atoms with Gasteiger partial charge in [0.2, 0.25) is 0 Å². The second-order valence-electron chi connectivity index (χ2n) is 6.64. The van der Waals surface area contributed by atoms with E-state index in [1.54, 1.807) is 12.4 Å². The molecular weight excluding hydrogens is 376 g/mol. The highest BCUT2D eigenvalue weighted by molar-refractivity contribution is 5.95. The molecule has 0 amide bonds. The average Bonchev–Trinajstić information content (AvgIpc) is 3.09. The van der Waals surface area contributed by atoms with Crippen LogP contribution in [-0.2, 0) is 0 Å². The predicted molar refractivity (Wildman–Crippen MR) is 117 cm³/mol. The van der Waals surface area contributed by atoms with Gasteiger partial charge in [-0.3, -0.25) is 14.8 Å². The van der Waals surface area contributed by atoms with Crippen LogP contribution in [-0.4, -0.2) is 15.0 Å². The number of hydrogen-bond donors (Lipinski definition) is 1. The zero-order valence-electron chi connectivity index (χ0n) is 16.0. The van der Waals surface area contributed by atoms with Crippen molar-refractivity contribution in [2.75, 3.05) is 15.5 Å². The quantitative estimate of drug-likeness (QED) is 0.521. The first kappa shape index (κ1) is 17.7. The van der Waals surface area contributed by atoms with Crippen molar-refractivity contribution in [3.8, 4) is 11.5 Å². The molecule has 0 unspecified atom stereocenters. The van der Waals surface area contributed by atoms with Crippen LogP contribution in [0.5, 0.6) is 11.5 Å². The van der Waals surface area contributed by atoms with Crippen molar-refractivity contribution in [3.05, 3.63) is 97.9 Å². The summed E-state index contributed by atoms with van der Waals surface area (Å²) >= 11 is 0. The second-order valence-corrected chi connectivity index (χ2v) is 6.64. The van der Waals surface area contributed by atoms with Crippen LogP contribution in [0.2, 0.25) is 0 Å². The van der Waals surface area contributed by atoms with Crippen molar-refractivity contribution in [3.63, 3.8) is 0 Å². The maximum absolute atomic E-state index is 6.23. The van der Waals surface area contributed by atoms with Crippen molar-refractivity contribution < 1.29 is 4.74 Å². The SMILES string of the molecule is C=C1N(c2cccnc2)c2ncnc(N)c2N1c1ccc(Oc2ccccc2)cc1. The molecule has 0 spiro atoms. The van der Waals surface area contributed by atoms with Gasteiger partial charge in [0, 0.05) is 11.9 Å². The largest absolute Gasteiger partial charge is 0.457 e. The first-order valence-corrected chi connectivity index (χ1v) is 9.35.